The molecule has 2 rings (SSSR count). The summed E-state index contributed by atoms with van der Waals surface area (Å²) in [6.45, 7) is 5.02. The largest absolute Gasteiger partial charge is 0.258 e. The molecule has 1 saturated carbocycles. The molecule has 5 heteroatoms. The van der Waals surface area contributed by atoms with Gasteiger partial charge >= 0.3 is 0 Å². The van der Waals surface area contributed by atoms with Gasteiger partial charge in [-0.1, -0.05) is 30.2 Å². The molecular weight excluding hydrogens is 294 g/mol. The van der Waals surface area contributed by atoms with Crippen LogP contribution in [0.15, 0.2) is 28.7 Å². The second kappa shape index (κ2) is 5.49. The number of hydrogen-bond acceptors (Lipinski definition) is 2. The predicted molar refractivity (Wildman–Crippen MR) is 84.0 cm³/mol. The summed E-state index contributed by atoms with van der Waals surface area (Å²) in [5.41, 5.74) is 1.54. The van der Waals surface area contributed by atoms with Crippen LogP contribution in [0.5, 0.6) is 0 Å². The van der Waals surface area contributed by atoms with Crippen LogP contribution in [0.25, 0.3) is 0 Å². The second-order valence-corrected chi connectivity index (χ2v) is 8.99. The lowest BCUT2D eigenvalue weighted by atomic mass is 9.79. The molecule has 0 atom stereocenters. The summed E-state index contributed by atoms with van der Waals surface area (Å²) >= 11 is 5.89. The third-order valence-electron chi connectivity index (χ3n) is 3.62. The molecule has 20 heavy (non-hydrogen) atoms. The maximum absolute atomic E-state index is 12.3. The molecule has 1 aliphatic carbocycles. The SMILES string of the molecule is CC(C)(C)S(=O)(=O)N=C(c1ccc(Cl)cc1)C1CCC1. The van der Waals surface area contributed by atoms with E-state index in [1.54, 1.807) is 32.9 Å². The Labute approximate surface area is 126 Å². The topological polar surface area (TPSA) is 46.5 Å². The molecule has 0 aliphatic heterocycles. The number of halogens is 1. The van der Waals surface area contributed by atoms with Crippen LogP contribution in [-0.4, -0.2) is 18.9 Å². The number of sulfonamides is 1. The average molecular weight is 314 g/mol. The Kier molecular flexibility index (Phi) is 4.26. The predicted octanol–water partition coefficient (Wildman–Crippen LogP) is 4.06. The summed E-state index contributed by atoms with van der Waals surface area (Å²) in [4.78, 5) is 0. The van der Waals surface area contributed by atoms with Gasteiger partial charge in [0, 0.05) is 10.9 Å². The van der Waals surface area contributed by atoms with Gasteiger partial charge in [0.2, 0.25) is 0 Å². The van der Waals surface area contributed by atoms with Gasteiger partial charge < -0.3 is 0 Å². The van der Waals surface area contributed by atoms with Crippen LogP contribution in [0.2, 0.25) is 5.02 Å². The Hall–Kier alpha value is -0.870. The highest BCUT2D eigenvalue weighted by molar-refractivity contribution is 7.91. The summed E-state index contributed by atoms with van der Waals surface area (Å²) < 4.78 is 27.9. The number of hydrogen-bond donors (Lipinski definition) is 0. The van der Waals surface area contributed by atoms with Gasteiger partial charge in [-0.2, -0.15) is 4.40 Å². The van der Waals surface area contributed by atoms with E-state index in [-0.39, 0.29) is 5.92 Å². The molecule has 0 amide bonds. The lowest BCUT2D eigenvalue weighted by Gasteiger charge is -2.28. The molecule has 0 radical (unpaired) electrons. The lowest BCUT2D eigenvalue weighted by Crippen LogP contribution is -2.30. The van der Waals surface area contributed by atoms with Crippen molar-refractivity contribution in [3.63, 3.8) is 0 Å². The maximum Gasteiger partial charge on any atom is 0.258 e. The molecule has 0 heterocycles. The quantitative estimate of drug-likeness (QED) is 0.790. The highest BCUT2D eigenvalue weighted by Gasteiger charge is 2.32. The zero-order chi connectivity index (χ0) is 15.0. The molecule has 0 N–H and O–H groups in total. The van der Waals surface area contributed by atoms with E-state index in [1.807, 2.05) is 12.1 Å². The van der Waals surface area contributed by atoms with Gasteiger partial charge in [-0.15, -0.1) is 0 Å². The van der Waals surface area contributed by atoms with E-state index in [2.05, 4.69) is 4.40 Å². The third kappa shape index (κ3) is 3.23. The first-order valence-corrected chi connectivity index (χ1v) is 8.63. The van der Waals surface area contributed by atoms with Crippen molar-refractivity contribution in [1.29, 1.82) is 0 Å². The Morgan fingerprint density at radius 3 is 2.15 bits per heavy atom. The van der Waals surface area contributed by atoms with Gasteiger partial charge in [0.1, 0.15) is 0 Å². The van der Waals surface area contributed by atoms with Crippen molar-refractivity contribution >= 4 is 27.3 Å². The lowest BCUT2D eigenvalue weighted by molar-refractivity contribution is 0.414. The van der Waals surface area contributed by atoms with Crippen molar-refractivity contribution in [1.82, 2.24) is 0 Å². The molecule has 0 unspecified atom stereocenters. The summed E-state index contributed by atoms with van der Waals surface area (Å²) in [6, 6.07) is 7.24. The van der Waals surface area contributed by atoms with Crippen molar-refractivity contribution in [2.45, 2.75) is 44.8 Å². The van der Waals surface area contributed by atoms with Crippen molar-refractivity contribution in [3.05, 3.63) is 34.9 Å². The van der Waals surface area contributed by atoms with Crippen LogP contribution in [0.4, 0.5) is 0 Å². The van der Waals surface area contributed by atoms with Gasteiger partial charge in [0.25, 0.3) is 10.0 Å². The molecule has 1 fully saturated rings. The highest BCUT2D eigenvalue weighted by atomic mass is 35.5. The molecule has 0 bridgehead atoms. The van der Waals surface area contributed by atoms with Crippen molar-refractivity contribution in [2.75, 3.05) is 0 Å². The standard InChI is InChI=1S/C15H20ClNO2S/c1-15(2,3)20(18,19)17-14(11-5-4-6-11)12-7-9-13(16)10-8-12/h7-11H,4-6H2,1-3H3. The molecule has 1 aliphatic rings. The normalized spacial score (nSPS) is 17.9. The van der Waals surface area contributed by atoms with Crippen molar-refractivity contribution in [3.8, 4) is 0 Å². The molecule has 3 nitrogen and oxygen atoms in total. The Balaban J connectivity index is 2.46. The minimum absolute atomic E-state index is 0.244. The van der Waals surface area contributed by atoms with Crippen molar-refractivity contribution in [2.24, 2.45) is 10.3 Å². The fourth-order valence-electron chi connectivity index (χ4n) is 1.93. The average Bonchev–Trinajstić information content (AvgIpc) is 2.25. The zero-order valence-corrected chi connectivity index (χ0v) is 13.6. The molecule has 0 aromatic heterocycles. The van der Waals surface area contributed by atoms with E-state index in [4.69, 9.17) is 11.6 Å². The first-order valence-electron chi connectivity index (χ1n) is 6.81. The third-order valence-corrected chi connectivity index (χ3v) is 5.86. The van der Waals surface area contributed by atoms with E-state index in [0.717, 1.165) is 24.8 Å². The summed E-state index contributed by atoms with van der Waals surface area (Å²) in [5, 5.41) is 0.639. The first-order chi connectivity index (χ1) is 9.21. The maximum atomic E-state index is 12.3. The van der Waals surface area contributed by atoms with Crippen LogP contribution in [0.3, 0.4) is 0 Å². The first kappa shape index (κ1) is 15.5. The van der Waals surface area contributed by atoms with Gasteiger partial charge in [0.05, 0.1) is 10.5 Å². The van der Waals surface area contributed by atoms with E-state index in [9.17, 15) is 8.42 Å². The van der Waals surface area contributed by atoms with Crippen molar-refractivity contribution < 1.29 is 8.42 Å². The number of benzene rings is 1. The van der Waals surface area contributed by atoms with Crippen LogP contribution in [-0.2, 0) is 10.0 Å². The number of rotatable bonds is 3. The van der Waals surface area contributed by atoms with E-state index in [1.165, 1.54) is 0 Å². The molecular formula is C15H20ClNO2S. The molecule has 1 aromatic carbocycles. The summed E-state index contributed by atoms with van der Waals surface area (Å²) in [5.74, 6) is 0.244. The van der Waals surface area contributed by atoms with Crippen LogP contribution in [0, 0.1) is 5.92 Å². The minimum Gasteiger partial charge on any atom is -0.204 e. The monoisotopic (exact) mass is 313 g/mol. The zero-order valence-electron chi connectivity index (χ0n) is 12.1. The van der Waals surface area contributed by atoms with Gasteiger partial charge in [-0.3, -0.25) is 0 Å². The Morgan fingerprint density at radius 2 is 1.75 bits per heavy atom. The second-order valence-electron chi connectivity index (χ2n) is 6.20. The van der Waals surface area contributed by atoms with E-state index in [0.29, 0.717) is 10.7 Å². The molecule has 0 spiro atoms. The Bertz CT molecular complexity index is 608. The van der Waals surface area contributed by atoms with Crippen LogP contribution in [0.1, 0.15) is 45.6 Å². The summed E-state index contributed by atoms with van der Waals surface area (Å²) in [7, 11) is -3.52. The Morgan fingerprint density at radius 1 is 1.20 bits per heavy atom. The van der Waals surface area contributed by atoms with Crippen LogP contribution >= 0.6 is 11.6 Å². The van der Waals surface area contributed by atoms with E-state index >= 15 is 0 Å². The fraction of sp³-hybridized carbons (Fsp3) is 0.533. The summed E-state index contributed by atoms with van der Waals surface area (Å²) in [6.07, 6.45) is 3.13. The smallest absolute Gasteiger partial charge is 0.204 e. The van der Waals surface area contributed by atoms with Gasteiger partial charge in [-0.05, 0) is 51.3 Å². The van der Waals surface area contributed by atoms with Crippen LogP contribution < -0.4 is 0 Å². The molecule has 1 aromatic rings. The number of nitrogens with zero attached hydrogens (tertiary/aromatic N) is 1. The fourth-order valence-corrected chi connectivity index (χ4v) is 2.84. The van der Waals surface area contributed by atoms with Gasteiger partial charge in [0.15, 0.2) is 0 Å². The molecule has 110 valence electrons. The van der Waals surface area contributed by atoms with E-state index < -0.39 is 14.8 Å². The molecule has 0 saturated heterocycles. The minimum atomic E-state index is -3.52. The van der Waals surface area contributed by atoms with Gasteiger partial charge in [-0.25, -0.2) is 8.42 Å². The highest BCUT2D eigenvalue weighted by Crippen LogP contribution is 2.32.